The van der Waals surface area contributed by atoms with Crippen LogP contribution < -0.4 is 15.6 Å². The lowest BCUT2D eigenvalue weighted by Gasteiger charge is -2.26. The molecule has 1 atom stereocenters. The van der Waals surface area contributed by atoms with E-state index in [2.05, 4.69) is 41.5 Å². The van der Waals surface area contributed by atoms with Crippen LogP contribution in [0, 0.1) is 5.92 Å². The van der Waals surface area contributed by atoms with Gasteiger partial charge in [-0.15, -0.1) is 21.5 Å². The van der Waals surface area contributed by atoms with Gasteiger partial charge in [0.15, 0.2) is 5.16 Å². The third-order valence-corrected chi connectivity index (χ3v) is 9.44. The van der Waals surface area contributed by atoms with Crippen molar-refractivity contribution in [1.82, 2.24) is 19.2 Å². The molecule has 1 N–H and O–H groups in total. The number of carbonyl (C=O) groups excluding carboxylic acids is 1. The zero-order chi connectivity index (χ0) is 28.5. The lowest BCUT2D eigenvalue weighted by molar-refractivity contribution is -0.113. The van der Waals surface area contributed by atoms with Crippen molar-refractivity contribution in [3.8, 4) is 5.75 Å². The summed E-state index contributed by atoms with van der Waals surface area (Å²) in [6.07, 6.45) is 1.44. The normalized spacial score (nSPS) is 15.0. The number of hydrogen-bond acceptors (Lipinski definition) is 8. The van der Waals surface area contributed by atoms with Gasteiger partial charge in [-0.3, -0.25) is 14.2 Å². The van der Waals surface area contributed by atoms with Gasteiger partial charge in [-0.05, 0) is 35.6 Å². The van der Waals surface area contributed by atoms with Gasteiger partial charge < -0.3 is 14.8 Å². The number of anilines is 1. The second kappa shape index (κ2) is 11.7. The summed E-state index contributed by atoms with van der Waals surface area (Å²) in [7, 11) is 1.59. The molecule has 0 spiro atoms. The predicted octanol–water partition coefficient (Wildman–Crippen LogP) is 5.19. The van der Waals surface area contributed by atoms with Crippen molar-refractivity contribution in [2.75, 3.05) is 18.2 Å². The molecule has 0 bridgehead atoms. The summed E-state index contributed by atoms with van der Waals surface area (Å²) in [5.41, 5.74) is 2.81. The van der Waals surface area contributed by atoms with Crippen molar-refractivity contribution >= 4 is 50.7 Å². The van der Waals surface area contributed by atoms with Crippen LogP contribution in [0.1, 0.15) is 29.9 Å². The van der Waals surface area contributed by atoms with E-state index in [-0.39, 0.29) is 23.3 Å². The Labute approximate surface area is 245 Å². The van der Waals surface area contributed by atoms with Gasteiger partial charge in [-0.1, -0.05) is 62.0 Å². The maximum atomic E-state index is 14.1. The summed E-state index contributed by atoms with van der Waals surface area (Å²) in [5.74, 6) is 1.44. The summed E-state index contributed by atoms with van der Waals surface area (Å²) >= 11 is 2.85. The molecule has 2 aromatic carbocycles. The Kier molecular flexibility index (Phi) is 7.83. The standard InChI is InChI=1S/C30H31N5O4S2/c1-18(2)23-15-22-24(16-39-23)41-28-26(22)27(37)34(13-12-19-8-5-4-6-9-19)29-32-33-30(35(28)29)40-17-25(36)31-20-10-7-11-21(14-20)38-3/h4-11,14,18,23H,12-13,15-17H2,1-3H3,(H,31,36)/t23-/m1/s1. The molecule has 4 heterocycles. The van der Waals surface area contributed by atoms with Crippen LogP contribution in [-0.2, 0) is 35.5 Å². The number of amides is 1. The van der Waals surface area contributed by atoms with Gasteiger partial charge in [-0.2, -0.15) is 0 Å². The number of nitrogens with zero attached hydrogens (tertiary/aromatic N) is 4. The summed E-state index contributed by atoms with van der Waals surface area (Å²) in [5, 5.41) is 13.1. The Hall–Kier alpha value is -3.67. The van der Waals surface area contributed by atoms with E-state index in [4.69, 9.17) is 9.47 Å². The molecule has 0 saturated heterocycles. The first-order valence-electron chi connectivity index (χ1n) is 13.6. The number of thioether (sulfide) groups is 1. The summed E-state index contributed by atoms with van der Waals surface area (Å²) < 4.78 is 15.1. The number of thiophene rings is 1. The molecule has 1 amide bonds. The highest BCUT2D eigenvalue weighted by Crippen LogP contribution is 2.37. The van der Waals surface area contributed by atoms with Crippen LogP contribution in [0.2, 0.25) is 0 Å². The number of ether oxygens (including phenoxy) is 2. The lowest BCUT2D eigenvalue weighted by Crippen LogP contribution is -2.29. The molecule has 0 saturated carbocycles. The van der Waals surface area contributed by atoms with Crippen LogP contribution in [0.3, 0.4) is 0 Å². The number of carbonyl (C=O) groups is 1. The topological polar surface area (TPSA) is 99.7 Å². The van der Waals surface area contributed by atoms with Gasteiger partial charge in [-0.25, -0.2) is 4.40 Å². The SMILES string of the molecule is COc1cccc(NC(=O)CSc2nnc3n(CCc4ccccc4)c(=O)c4c5c(sc4n23)CO[C@@H](C(C)C)C5)c1. The van der Waals surface area contributed by atoms with Crippen LogP contribution in [0.4, 0.5) is 5.69 Å². The highest BCUT2D eigenvalue weighted by molar-refractivity contribution is 7.99. The first kappa shape index (κ1) is 27.5. The average Bonchev–Trinajstić information content (AvgIpc) is 3.58. The van der Waals surface area contributed by atoms with E-state index in [1.807, 2.05) is 40.8 Å². The number of nitrogens with one attached hydrogen (secondary N) is 1. The Bertz CT molecular complexity index is 1780. The summed E-state index contributed by atoms with van der Waals surface area (Å²) in [4.78, 5) is 28.8. The highest BCUT2D eigenvalue weighted by Gasteiger charge is 2.30. The van der Waals surface area contributed by atoms with Gasteiger partial charge in [0.25, 0.3) is 5.56 Å². The number of methoxy groups -OCH3 is 1. The largest absolute Gasteiger partial charge is 0.497 e. The molecular weight excluding hydrogens is 558 g/mol. The Balaban J connectivity index is 1.37. The quantitative estimate of drug-likeness (QED) is 0.236. The van der Waals surface area contributed by atoms with E-state index in [0.717, 1.165) is 20.8 Å². The van der Waals surface area contributed by atoms with Crippen LogP contribution in [0.15, 0.2) is 64.5 Å². The van der Waals surface area contributed by atoms with Crippen molar-refractivity contribution in [3.05, 3.63) is 81.0 Å². The Morgan fingerprint density at radius 3 is 2.80 bits per heavy atom. The first-order chi connectivity index (χ1) is 19.9. The molecule has 1 aliphatic rings. The van der Waals surface area contributed by atoms with E-state index in [9.17, 15) is 9.59 Å². The minimum Gasteiger partial charge on any atom is -0.497 e. The fourth-order valence-corrected chi connectivity index (χ4v) is 7.16. The predicted molar refractivity (Wildman–Crippen MR) is 162 cm³/mol. The number of fused-ring (bicyclic) bond motifs is 5. The molecule has 41 heavy (non-hydrogen) atoms. The molecule has 0 fully saturated rings. The molecule has 212 valence electrons. The molecule has 3 aromatic heterocycles. The van der Waals surface area contributed by atoms with E-state index in [0.29, 0.717) is 59.7 Å². The number of aryl methyl sites for hydroxylation is 2. The molecule has 1 aliphatic heterocycles. The highest BCUT2D eigenvalue weighted by atomic mass is 32.2. The summed E-state index contributed by atoms with van der Waals surface area (Å²) in [6, 6.07) is 17.3. The Morgan fingerprint density at radius 2 is 2.02 bits per heavy atom. The number of rotatable bonds is 9. The molecule has 0 unspecified atom stereocenters. The first-order valence-corrected chi connectivity index (χ1v) is 15.4. The zero-order valence-corrected chi connectivity index (χ0v) is 24.8. The second-order valence-electron chi connectivity index (χ2n) is 10.4. The van der Waals surface area contributed by atoms with E-state index in [1.54, 1.807) is 29.1 Å². The molecule has 6 rings (SSSR count). The maximum Gasteiger partial charge on any atom is 0.263 e. The van der Waals surface area contributed by atoms with Crippen molar-refractivity contribution in [2.45, 2.75) is 51.1 Å². The number of benzene rings is 2. The smallest absolute Gasteiger partial charge is 0.263 e. The van der Waals surface area contributed by atoms with Gasteiger partial charge in [0.05, 0.1) is 31.0 Å². The van der Waals surface area contributed by atoms with E-state index < -0.39 is 0 Å². The second-order valence-corrected chi connectivity index (χ2v) is 12.4. The average molecular weight is 590 g/mol. The zero-order valence-electron chi connectivity index (χ0n) is 23.1. The number of hydrogen-bond donors (Lipinski definition) is 1. The molecule has 0 radical (unpaired) electrons. The third-order valence-electron chi connectivity index (χ3n) is 7.32. The van der Waals surface area contributed by atoms with Crippen molar-refractivity contribution in [3.63, 3.8) is 0 Å². The minimum atomic E-state index is -0.174. The monoisotopic (exact) mass is 589 g/mol. The minimum absolute atomic E-state index is 0.0509. The maximum absolute atomic E-state index is 14.1. The van der Waals surface area contributed by atoms with Crippen molar-refractivity contribution < 1.29 is 14.3 Å². The molecular formula is C30H31N5O4S2. The number of aromatic nitrogens is 4. The van der Waals surface area contributed by atoms with Crippen LogP contribution in [-0.4, -0.2) is 44.0 Å². The van der Waals surface area contributed by atoms with Gasteiger partial charge in [0, 0.05) is 29.6 Å². The van der Waals surface area contributed by atoms with E-state index in [1.165, 1.54) is 11.8 Å². The lowest BCUT2D eigenvalue weighted by atomic mass is 9.96. The fraction of sp³-hybridized carbons (Fsp3) is 0.333. The Morgan fingerprint density at radius 1 is 1.20 bits per heavy atom. The molecule has 9 nitrogen and oxygen atoms in total. The van der Waals surface area contributed by atoms with Gasteiger partial charge >= 0.3 is 0 Å². The van der Waals surface area contributed by atoms with Crippen LogP contribution >= 0.6 is 23.1 Å². The molecule has 11 heteroatoms. The fourth-order valence-electron chi connectivity index (χ4n) is 5.13. The van der Waals surface area contributed by atoms with Crippen molar-refractivity contribution in [2.24, 2.45) is 5.92 Å². The van der Waals surface area contributed by atoms with Crippen LogP contribution in [0.5, 0.6) is 5.75 Å². The summed E-state index contributed by atoms with van der Waals surface area (Å²) in [6.45, 7) is 5.24. The third kappa shape index (κ3) is 5.49. The molecule has 0 aliphatic carbocycles. The van der Waals surface area contributed by atoms with Crippen molar-refractivity contribution in [1.29, 1.82) is 0 Å². The van der Waals surface area contributed by atoms with Crippen LogP contribution in [0.25, 0.3) is 16.0 Å². The van der Waals surface area contributed by atoms with E-state index >= 15 is 0 Å². The van der Waals surface area contributed by atoms with Gasteiger partial charge in [0.1, 0.15) is 10.6 Å². The molecule has 5 aromatic rings. The van der Waals surface area contributed by atoms with Gasteiger partial charge in [0.2, 0.25) is 11.7 Å².